The number of aromatic nitrogens is 4. The first-order valence-electron chi connectivity index (χ1n) is 8.03. The Morgan fingerprint density at radius 2 is 2.00 bits per heavy atom. The van der Waals surface area contributed by atoms with Gasteiger partial charge in [0.2, 0.25) is 0 Å². The van der Waals surface area contributed by atoms with E-state index >= 15 is 0 Å². The zero-order valence-corrected chi connectivity index (χ0v) is 13.9. The zero-order chi connectivity index (χ0) is 16.9. The van der Waals surface area contributed by atoms with Gasteiger partial charge in [0.1, 0.15) is 0 Å². The molecule has 2 aromatic heterocycles. The Bertz CT molecular complexity index is 803. The van der Waals surface area contributed by atoms with Crippen LogP contribution in [0.3, 0.4) is 0 Å². The largest absolute Gasteiger partial charge is 0.352 e. The predicted molar refractivity (Wildman–Crippen MR) is 92.2 cm³/mol. The van der Waals surface area contributed by atoms with Crippen molar-refractivity contribution in [1.29, 1.82) is 0 Å². The van der Waals surface area contributed by atoms with Gasteiger partial charge in [0, 0.05) is 36.7 Å². The number of hydrogen-bond acceptors (Lipinski definition) is 3. The molecule has 1 N–H and O–H groups in total. The van der Waals surface area contributed by atoms with E-state index < -0.39 is 0 Å². The van der Waals surface area contributed by atoms with Gasteiger partial charge < -0.3 is 5.32 Å². The maximum absolute atomic E-state index is 12.2. The Morgan fingerprint density at radius 3 is 2.62 bits per heavy atom. The minimum absolute atomic E-state index is 0.0598. The number of rotatable bonds is 6. The van der Waals surface area contributed by atoms with Crippen LogP contribution in [0.1, 0.15) is 28.2 Å². The van der Waals surface area contributed by atoms with E-state index in [1.807, 2.05) is 55.1 Å². The van der Waals surface area contributed by atoms with Crippen molar-refractivity contribution >= 4 is 5.91 Å². The third kappa shape index (κ3) is 3.71. The summed E-state index contributed by atoms with van der Waals surface area (Å²) < 4.78 is 3.73. The molecule has 0 aliphatic heterocycles. The fourth-order valence-electron chi connectivity index (χ4n) is 2.62. The average Bonchev–Trinajstić information content (AvgIpc) is 3.21. The van der Waals surface area contributed by atoms with Crippen LogP contribution in [0.15, 0.2) is 48.8 Å². The minimum atomic E-state index is -0.0598. The van der Waals surface area contributed by atoms with Crippen molar-refractivity contribution in [3.63, 3.8) is 0 Å². The highest BCUT2D eigenvalue weighted by molar-refractivity contribution is 5.94. The van der Waals surface area contributed by atoms with E-state index in [1.165, 1.54) is 0 Å². The monoisotopic (exact) mass is 323 g/mol. The standard InChI is InChI=1S/C18H21N5O/c1-14-13-15(2)22(21-14)11-3-9-19-18(24)16-5-7-17(8-6-16)23-12-4-10-20-23/h4-8,10,12-13H,3,9,11H2,1-2H3,(H,19,24). The molecular weight excluding hydrogens is 302 g/mol. The molecule has 0 saturated heterocycles. The molecule has 0 radical (unpaired) electrons. The van der Waals surface area contributed by atoms with Crippen LogP contribution in [0.2, 0.25) is 0 Å². The highest BCUT2D eigenvalue weighted by atomic mass is 16.1. The van der Waals surface area contributed by atoms with Crippen LogP contribution in [0.4, 0.5) is 0 Å². The second kappa shape index (κ2) is 7.12. The van der Waals surface area contributed by atoms with Crippen molar-refractivity contribution in [3.05, 3.63) is 65.7 Å². The van der Waals surface area contributed by atoms with E-state index in [9.17, 15) is 4.79 Å². The molecule has 2 heterocycles. The van der Waals surface area contributed by atoms with E-state index in [0.717, 1.165) is 30.0 Å². The van der Waals surface area contributed by atoms with E-state index in [1.54, 1.807) is 10.9 Å². The molecule has 0 saturated carbocycles. The molecule has 0 bridgehead atoms. The summed E-state index contributed by atoms with van der Waals surface area (Å²) in [6, 6.07) is 11.3. The predicted octanol–water partition coefficient (Wildman–Crippen LogP) is 2.51. The average molecular weight is 323 g/mol. The van der Waals surface area contributed by atoms with Crippen LogP contribution in [0.5, 0.6) is 0 Å². The molecule has 1 amide bonds. The summed E-state index contributed by atoms with van der Waals surface area (Å²) >= 11 is 0. The fraction of sp³-hybridized carbons (Fsp3) is 0.278. The molecule has 1 aromatic carbocycles. The highest BCUT2D eigenvalue weighted by Crippen LogP contribution is 2.08. The normalized spacial score (nSPS) is 10.8. The Labute approximate surface area is 141 Å². The van der Waals surface area contributed by atoms with Crippen molar-refractivity contribution in [2.75, 3.05) is 6.54 Å². The Hall–Kier alpha value is -2.89. The molecule has 6 nitrogen and oxygen atoms in total. The minimum Gasteiger partial charge on any atom is -0.352 e. The summed E-state index contributed by atoms with van der Waals surface area (Å²) in [5, 5.41) is 11.5. The smallest absolute Gasteiger partial charge is 0.251 e. The summed E-state index contributed by atoms with van der Waals surface area (Å²) in [6.07, 6.45) is 4.44. The molecule has 0 aliphatic carbocycles. The van der Waals surface area contributed by atoms with E-state index in [-0.39, 0.29) is 5.91 Å². The number of benzene rings is 1. The summed E-state index contributed by atoms with van der Waals surface area (Å²) in [5.41, 5.74) is 3.75. The van der Waals surface area contributed by atoms with E-state index in [2.05, 4.69) is 21.6 Å². The van der Waals surface area contributed by atoms with Crippen molar-refractivity contribution in [1.82, 2.24) is 24.9 Å². The Morgan fingerprint density at radius 1 is 1.21 bits per heavy atom. The first-order chi connectivity index (χ1) is 11.6. The molecule has 0 aliphatic rings. The molecule has 6 heteroatoms. The van der Waals surface area contributed by atoms with Gasteiger partial charge in [-0.25, -0.2) is 4.68 Å². The van der Waals surface area contributed by atoms with Crippen molar-refractivity contribution in [2.24, 2.45) is 0 Å². The number of hydrogen-bond donors (Lipinski definition) is 1. The maximum Gasteiger partial charge on any atom is 0.251 e. The summed E-state index contributed by atoms with van der Waals surface area (Å²) in [5.74, 6) is -0.0598. The molecular formula is C18H21N5O. The van der Waals surface area contributed by atoms with Crippen LogP contribution in [0, 0.1) is 13.8 Å². The van der Waals surface area contributed by atoms with E-state index in [4.69, 9.17) is 0 Å². The summed E-state index contributed by atoms with van der Waals surface area (Å²) in [7, 11) is 0. The lowest BCUT2D eigenvalue weighted by molar-refractivity contribution is 0.0952. The van der Waals surface area contributed by atoms with Crippen molar-refractivity contribution in [2.45, 2.75) is 26.8 Å². The van der Waals surface area contributed by atoms with Crippen molar-refractivity contribution in [3.8, 4) is 5.69 Å². The molecule has 0 unspecified atom stereocenters. The van der Waals surface area contributed by atoms with Gasteiger partial charge in [0.25, 0.3) is 5.91 Å². The topological polar surface area (TPSA) is 64.7 Å². The van der Waals surface area contributed by atoms with Gasteiger partial charge in [-0.2, -0.15) is 10.2 Å². The molecule has 24 heavy (non-hydrogen) atoms. The summed E-state index contributed by atoms with van der Waals surface area (Å²) in [4.78, 5) is 12.2. The number of amides is 1. The number of carbonyl (C=O) groups is 1. The van der Waals surface area contributed by atoms with Gasteiger partial charge in [-0.1, -0.05) is 0 Å². The van der Waals surface area contributed by atoms with Gasteiger partial charge >= 0.3 is 0 Å². The fourth-order valence-corrected chi connectivity index (χ4v) is 2.62. The Kier molecular flexibility index (Phi) is 4.74. The number of carbonyl (C=O) groups excluding carboxylic acids is 1. The van der Waals surface area contributed by atoms with Crippen LogP contribution in [0.25, 0.3) is 5.69 Å². The molecule has 124 valence electrons. The summed E-state index contributed by atoms with van der Waals surface area (Å²) in [6.45, 7) is 5.45. The van der Waals surface area contributed by atoms with Gasteiger partial charge in [-0.15, -0.1) is 0 Å². The molecule has 3 rings (SSSR count). The lowest BCUT2D eigenvalue weighted by atomic mass is 10.2. The van der Waals surface area contributed by atoms with Gasteiger partial charge in [-0.3, -0.25) is 9.48 Å². The lowest BCUT2D eigenvalue weighted by Gasteiger charge is -2.07. The maximum atomic E-state index is 12.2. The number of aryl methyl sites for hydroxylation is 3. The van der Waals surface area contributed by atoms with E-state index in [0.29, 0.717) is 12.1 Å². The quantitative estimate of drug-likeness (QED) is 0.709. The van der Waals surface area contributed by atoms with Crippen LogP contribution >= 0.6 is 0 Å². The SMILES string of the molecule is Cc1cc(C)n(CCCNC(=O)c2ccc(-n3cccn3)cc2)n1. The zero-order valence-electron chi connectivity index (χ0n) is 13.9. The second-order valence-corrected chi connectivity index (χ2v) is 5.76. The number of nitrogens with one attached hydrogen (secondary N) is 1. The molecule has 3 aromatic rings. The van der Waals surface area contributed by atoms with Crippen LogP contribution in [-0.4, -0.2) is 32.0 Å². The van der Waals surface area contributed by atoms with Crippen LogP contribution < -0.4 is 5.32 Å². The molecule has 0 atom stereocenters. The highest BCUT2D eigenvalue weighted by Gasteiger charge is 2.06. The number of nitrogens with zero attached hydrogens (tertiary/aromatic N) is 4. The lowest BCUT2D eigenvalue weighted by Crippen LogP contribution is -2.25. The Balaban J connectivity index is 1.49. The third-order valence-electron chi connectivity index (χ3n) is 3.83. The van der Waals surface area contributed by atoms with Gasteiger partial charge in [0.15, 0.2) is 0 Å². The van der Waals surface area contributed by atoms with Gasteiger partial charge in [-0.05, 0) is 56.7 Å². The van der Waals surface area contributed by atoms with Gasteiger partial charge in [0.05, 0.1) is 11.4 Å². The molecule has 0 spiro atoms. The second-order valence-electron chi connectivity index (χ2n) is 5.76. The first-order valence-corrected chi connectivity index (χ1v) is 8.03. The third-order valence-corrected chi connectivity index (χ3v) is 3.83. The van der Waals surface area contributed by atoms with Crippen molar-refractivity contribution < 1.29 is 4.79 Å². The van der Waals surface area contributed by atoms with Crippen LogP contribution in [-0.2, 0) is 6.54 Å². The molecule has 0 fully saturated rings. The first kappa shape index (κ1) is 16.0.